The largest absolute Gasteiger partial charge is 0.496 e. The number of hydrogen-bond donors (Lipinski definition) is 2. The Bertz CT molecular complexity index is 1230. The number of nitrogens with one attached hydrogen (secondary N) is 1. The van der Waals surface area contributed by atoms with Gasteiger partial charge < -0.3 is 24.5 Å². The predicted octanol–water partition coefficient (Wildman–Crippen LogP) is 3.86. The van der Waals surface area contributed by atoms with E-state index in [1.54, 1.807) is 7.11 Å². The van der Waals surface area contributed by atoms with Crippen LogP contribution in [0.1, 0.15) is 12.0 Å². The fourth-order valence-corrected chi connectivity index (χ4v) is 5.11. The molecule has 2 atom stereocenters. The van der Waals surface area contributed by atoms with Crippen LogP contribution in [0.25, 0.3) is 22.4 Å². The molecule has 170 valence electrons. The van der Waals surface area contributed by atoms with Gasteiger partial charge in [-0.2, -0.15) is 0 Å². The van der Waals surface area contributed by atoms with Gasteiger partial charge in [0.15, 0.2) is 10.9 Å². The number of ether oxygens (including phenoxy) is 1. The summed E-state index contributed by atoms with van der Waals surface area (Å²) in [5.74, 6) is 1.39. The number of methoxy groups -OCH3 is 1. The van der Waals surface area contributed by atoms with Crippen LogP contribution in [0.5, 0.6) is 5.75 Å². The SMILES string of the molecule is COc1ccccc1CCNC(=O)[C@@H]1CC(O)CN1c1nc(-c2cc3ccccc3o2)cs1. The number of aliphatic hydroxyl groups is 1. The fourth-order valence-electron chi connectivity index (χ4n) is 4.24. The molecule has 8 heteroatoms. The van der Waals surface area contributed by atoms with Gasteiger partial charge in [-0.1, -0.05) is 36.4 Å². The van der Waals surface area contributed by atoms with Crippen LogP contribution in [0.4, 0.5) is 5.13 Å². The molecule has 7 nitrogen and oxygen atoms in total. The first-order chi connectivity index (χ1) is 16.1. The first kappa shape index (κ1) is 21.5. The highest BCUT2D eigenvalue weighted by Gasteiger charge is 2.37. The Hall–Kier alpha value is -3.36. The van der Waals surface area contributed by atoms with E-state index in [9.17, 15) is 9.90 Å². The second-order valence-corrected chi connectivity index (χ2v) is 8.91. The number of aromatic nitrogens is 1. The van der Waals surface area contributed by atoms with Gasteiger partial charge in [0.05, 0.1) is 13.2 Å². The van der Waals surface area contributed by atoms with Crippen molar-refractivity contribution >= 4 is 33.3 Å². The summed E-state index contributed by atoms with van der Waals surface area (Å²) in [4.78, 5) is 19.6. The van der Waals surface area contributed by atoms with Crippen molar-refractivity contribution in [1.82, 2.24) is 10.3 Å². The van der Waals surface area contributed by atoms with Crippen molar-refractivity contribution in [2.45, 2.75) is 25.0 Å². The highest BCUT2D eigenvalue weighted by Crippen LogP contribution is 2.34. The zero-order valence-electron chi connectivity index (χ0n) is 18.2. The summed E-state index contributed by atoms with van der Waals surface area (Å²) in [5.41, 5.74) is 2.58. The van der Waals surface area contributed by atoms with Crippen LogP contribution in [0.3, 0.4) is 0 Å². The van der Waals surface area contributed by atoms with Crippen molar-refractivity contribution in [3.63, 3.8) is 0 Å². The minimum absolute atomic E-state index is 0.109. The first-order valence-corrected chi connectivity index (χ1v) is 11.8. The smallest absolute Gasteiger partial charge is 0.242 e. The third-order valence-corrected chi connectivity index (χ3v) is 6.76. The fraction of sp³-hybridized carbons (Fsp3) is 0.280. The molecule has 1 aliphatic rings. The van der Waals surface area contributed by atoms with Gasteiger partial charge >= 0.3 is 0 Å². The highest BCUT2D eigenvalue weighted by molar-refractivity contribution is 7.14. The topological polar surface area (TPSA) is 87.8 Å². The molecule has 0 saturated carbocycles. The van der Waals surface area contributed by atoms with Gasteiger partial charge in [-0.15, -0.1) is 11.3 Å². The van der Waals surface area contributed by atoms with Gasteiger partial charge in [0.2, 0.25) is 5.91 Å². The number of β-amino-alcohol motifs (C(OH)–C–C–N with tert-alkyl or cyclic N) is 1. The van der Waals surface area contributed by atoms with Crippen molar-refractivity contribution in [1.29, 1.82) is 0 Å². The molecule has 1 amide bonds. The lowest BCUT2D eigenvalue weighted by Crippen LogP contribution is -2.44. The molecule has 2 aromatic heterocycles. The Morgan fingerprint density at radius 1 is 1.27 bits per heavy atom. The quantitative estimate of drug-likeness (QED) is 0.433. The number of para-hydroxylation sites is 2. The van der Waals surface area contributed by atoms with Crippen LogP contribution < -0.4 is 15.0 Å². The van der Waals surface area contributed by atoms with E-state index in [-0.39, 0.29) is 5.91 Å². The maximum atomic E-state index is 13.0. The highest BCUT2D eigenvalue weighted by atomic mass is 32.1. The summed E-state index contributed by atoms with van der Waals surface area (Å²) in [5, 5.41) is 16.9. The van der Waals surface area contributed by atoms with E-state index in [1.165, 1.54) is 11.3 Å². The van der Waals surface area contributed by atoms with E-state index < -0.39 is 12.1 Å². The van der Waals surface area contributed by atoms with Crippen molar-refractivity contribution in [2.75, 3.05) is 25.1 Å². The molecule has 1 fully saturated rings. The molecule has 1 saturated heterocycles. The molecule has 0 bridgehead atoms. The van der Waals surface area contributed by atoms with Crippen LogP contribution in [0.2, 0.25) is 0 Å². The van der Waals surface area contributed by atoms with Crippen LogP contribution in [-0.4, -0.2) is 48.3 Å². The summed E-state index contributed by atoms with van der Waals surface area (Å²) in [6.45, 7) is 0.861. The van der Waals surface area contributed by atoms with E-state index >= 15 is 0 Å². The van der Waals surface area contributed by atoms with E-state index in [0.29, 0.717) is 36.8 Å². The number of amides is 1. The van der Waals surface area contributed by atoms with Gasteiger partial charge in [-0.05, 0) is 30.2 Å². The minimum atomic E-state index is -0.575. The molecular weight excluding hydrogens is 438 g/mol. The summed E-state index contributed by atoms with van der Waals surface area (Å²) < 4.78 is 11.3. The van der Waals surface area contributed by atoms with E-state index in [1.807, 2.05) is 64.9 Å². The normalized spacial score (nSPS) is 18.1. The molecule has 0 aliphatic carbocycles. The Morgan fingerprint density at radius 3 is 2.94 bits per heavy atom. The summed E-state index contributed by atoms with van der Waals surface area (Å²) in [7, 11) is 1.64. The zero-order valence-corrected chi connectivity index (χ0v) is 19.0. The number of anilines is 1. The molecule has 4 aromatic rings. The van der Waals surface area contributed by atoms with E-state index in [4.69, 9.17) is 14.1 Å². The van der Waals surface area contributed by atoms with Crippen molar-refractivity contribution < 1.29 is 19.1 Å². The van der Waals surface area contributed by atoms with Gasteiger partial charge in [0.25, 0.3) is 0 Å². The van der Waals surface area contributed by atoms with E-state index in [0.717, 1.165) is 28.0 Å². The lowest BCUT2D eigenvalue weighted by molar-refractivity contribution is -0.122. The average Bonchev–Trinajstić information content (AvgIpc) is 3.56. The van der Waals surface area contributed by atoms with Crippen molar-refractivity contribution in [3.8, 4) is 17.2 Å². The summed E-state index contributed by atoms with van der Waals surface area (Å²) in [6, 6.07) is 17.1. The summed E-state index contributed by atoms with van der Waals surface area (Å²) in [6.07, 6.45) is 0.465. The number of carbonyl (C=O) groups excluding carboxylic acids is 1. The molecule has 3 heterocycles. The molecule has 0 spiro atoms. The van der Waals surface area contributed by atoms with Crippen LogP contribution in [0, 0.1) is 0 Å². The predicted molar refractivity (Wildman–Crippen MR) is 129 cm³/mol. The maximum absolute atomic E-state index is 13.0. The lowest BCUT2D eigenvalue weighted by atomic mass is 10.1. The number of aliphatic hydroxyl groups excluding tert-OH is 1. The van der Waals surface area contributed by atoms with Crippen molar-refractivity contribution in [3.05, 3.63) is 65.5 Å². The molecule has 2 aromatic carbocycles. The zero-order chi connectivity index (χ0) is 22.8. The van der Waals surface area contributed by atoms with Gasteiger partial charge in [-0.25, -0.2) is 4.98 Å². The maximum Gasteiger partial charge on any atom is 0.242 e. The van der Waals surface area contributed by atoms with E-state index in [2.05, 4.69) is 5.32 Å². The first-order valence-electron chi connectivity index (χ1n) is 10.9. The Balaban J connectivity index is 1.27. The molecular formula is C25H25N3O4S. The average molecular weight is 464 g/mol. The Morgan fingerprint density at radius 2 is 2.09 bits per heavy atom. The lowest BCUT2D eigenvalue weighted by Gasteiger charge is -2.22. The number of carbonyl (C=O) groups is 1. The molecule has 1 unspecified atom stereocenters. The second-order valence-electron chi connectivity index (χ2n) is 8.07. The van der Waals surface area contributed by atoms with Crippen LogP contribution in [0.15, 0.2) is 64.4 Å². The summed E-state index contributed by atoms with van der Waals surface area (Å²) >= 11 is 1.45. The standard InChI is InChI=1S/C25H25N3O4S/c1-31-21-8-4-2-6-16(21)10-11-26-24(30)20-13-18(29)14-28(20)25-27-19(15-33-25)23-12-17-7-3-5-9-22(17)32-23/h2-9,12,15,18,20,29H,10-11,13-14H2,1H3,(H,26,30)/t18?,20-/m0/s1. The Kier molecular flexibility index (Phi) is 6.02. The minimum Gasteiger partial charge on any atom is -0.496 e. The third kappa shape index (κ3) is 4.44. The number of hydrogen-bond acceptors (Lipinski definition) is 7. The molecule has 1 aliphatic heterocycles. The number of fused-ring (bicyclic) bond motifs is 1. The molecule has 5 rings (SSSR count). The molecule has 33 heavy (non-hydrogen) atoms. The van der Waals surface area contributed by atoms with Gasteiger partial charge in [0.1, 0.15) is 23.1 Å². The van der Waals surface area contributed by atoms with Gasteiger partial charge in [0, 0.05) is 30.3 Å². The van der Waals surface area contributed by atoms with Crippen LogP contribution in [-0.2, 0) is 11.2 Å². The molecule has 2 N–H and O–H groups in total. The number of rotatable bonds is 7. The van der Waals surface area contributed by atoms with Gasteiger partial charge in [-0.3, -0.25) is 4.79 Å². The Labute approximate surface area is 195 Å². The monoisotopic (exact) mass is 463 g/mol. The number of thiazole rings is 1. The van der Waals surface area contributed by atoms with Crippen LogP contribution >= 0.6 is 11.3 Å². The number of nitrogens with zero attached hydrogens (tertiary/aromatic N) is 2. The number of furan rings is 1. The third-order valence-electron chi connectivity index (χ3n) is 5.88. The second kappa shape index (κ2) is 9.25. The molecule has 0 radical (unpaired) electrons. The van der Waals surface area contributed by atoms with Crippen molar-refractivity contribution in [2.24, 2.45) is 0 Å². The number of benzene rings is 2.